The largest absolute Gasteiger partial charge is 0.376 e. The van der Waals surface area contributed by atoms with Gasteiger partial charge in [0.15, 0.2) is 0 Å². The third kappa shape index (κ3) is 6.13. The highest BCUT2D eigenvalue weighted by Gasteiger charge is 2.26. The van der Waals surface area contributed by atoms with Crippen LogP contribution in [0, 0.1) is 11.8 Å². The minimum atomic E-state index is 0. The van der Waals surface area contributed by atoms with E-state index in [2.05, 4.69) is 12.2 Å². The van der Waals surface area contributed by atoms with Gasteiger partial charge in [0, 0.05) is 19.0 Å². The van der Waals surface area contributed by atoms with E-state index in [1.807, 2.05) is 0 Å². The molecule has 1 amide bonds. The van der Waals surface area contributed by atoms with Gasteiger partial charge < -0.3 is 15.8 Å². The van der Waals surface area contributed by atoms with Crippen LogP contribution in [0.1, 0.15) is 58.3 Å². The summed E-state index contributed by atoms with van der Waals surface area (Å²) in [7, 11) is 0. The normalized spacial score (nSPS) is 32.5. The van der Waals surface area contributed by atoms with Gasteiger partial charge in [-0.15, -0.1) is 12.4 Å². The van der Waals surface area contributed by atoms with Gasteiger partial charge in [-0.3, -0.25) is 4.79 Å². The molecule has 0 aromatic heterocycles. The lowest BCUT2D eigenvalue weighted by Crippen LogP contribution is -2.34. The molecule has 2 fully saturated rings. The summed E-state index contributed by atoms with van der Waals surface area (Å²) in [6.45, 7) is 3.53. The molecule has 0 saturated heterocycles. The van der Waals surface area contributed by atoms with Crippen LogP contribution in [-0.2, 0) is 9.53 Å². The van der Waals surface area contributed by atoms with E-state index in [0.717, 1.165) is 12.8 Å². The molecular formula is C16H31ClN2O2. The van der Waals surface area contributed by atoms with Gasteiger partial charge in [-0.25, -0.2) is 0 Å². The summed E-state index contributed by atoms with van der Waals surface area (Å²) in [5.41, 5.74) is 5.99. The fourth-order valence-corrected chi connectivity index (χ4v) is 3.56. The third-order valence-corrected chi connectivity index (χ3v) is 4.95. The molecule has 0 aromatic carbocycles. The van der Waals surface area contributed by atoms with Crippen LogP contribution in [0.4, 0.5) is 0 Å². The Labute approximate surface area is 135 Å². The van der Waals surface area contributed by atoms with Gasteiger partial charge >= 0.3 is 0 Å². The molecule has 0 radical (unpaired) electrons. The van der Waals surface area contributed by atoms with Crippen molar-refractivity contribution in [1.29, 1.82) is 0 Å². The number of halogens is 1. The zero-order chi connectivity index (χ0) is 14.4. The number of carbonyl (C=O) groups excluding carboxylic acids is 1. The van der Waals surface area contributed by atoms with Gasteiger partial charge in [-0.1, -0.05) is 26.2 Å². The van der Waals surface area contributed by atoms with Crippen molar-refractivity contribution in [1.82, 2.24) is 5.32 Å². The second kappa shape index (κ2) is 9.65. The lowest BCUT2D eigenvalue weighted by Gasteiger charge is -2.28. The summed E-state index contributed by atoms with van der Waals surface area (Å²) in [4.78, 5) is 11.8. The molecule has 2 saturated carbocycles. The van der Waals surface area contributed by atoms with Crippen molar-refractivity contribution in [3.05, 3.63) is 0 Å². The second-order valence-corrected chi connectivity index (χ2v) is 6.58. The van der Waals surface area contributed by atoms with Gasteiger partial charge in [0.25, 0.3) is 0 Å². The SMILES string of the molecule is CC1CCCCC1OCCNC(=O)C[C@@H]1CCC[C@H]1N.Cl. The zero-order valence-corrected chi connectivity index (χ0v) is 14.0. The van der Waals surface area contributed by atoms with E-state index in [0.29, 0.717) is 37.5 Å². The standard InChI is InChI=1S/C16H30N2O2.ClH/c1-12-5-2-3-8-15(12)20-10-9-18-16(19)11-13-6-4-7-14(13)17;/h12-15H,2-11,17H2,1H3,(H,18,19);1H/t12?,13-,14+,15?;/m0./s1. The van der Waals surface area contributed by atoms with Crippen molar-refractivity contribution in [2.75, 3.05) is 13.2 Å². The molecule has 21 heavy (non-hydrogen) atoms. The lowest BCUT2D eigenvalue weighted by atomic mass is 9.88. The van der Waals surface area contributed by atoms with Crippen LogP contribution in [0.25, 0.3) is 0 Å². The van der Waals surface area contributed by atoms with Crippen LogP contribution in [-0.4, -0.2) is 31.2 Å². The molecule has 2 aliphatic carbocycles. The summed E-state index contributed by atoms with van der Waals surface area (Å²) in [6, 6.07) is 0.222. The zero-order valence-electron chi connectivity index (χ0n) is 13.2. The third-order valence-electron chi connectivity index (χ3n) is 4.95. The van der Waals surface area contributed by atoms with Gasteiger partial charge in [0.05, 0.1) is 12.7 Å². The number of nitrogens with two attached hydrogens (primary N) is 1. The Kier molecular flexibility index (Phi) is 8.60. The van der Waals surface area contributed by atoms with Crippen molar-refractivity contribution in [2.45, 2.75) is 70.4 Å². The van der Waals surface area contributed by atoms with Gasteiger partial charge in [-0.05, 0) is 37.5 Å². The molecule has 2 aliphatic rings. The van der Waals surface area contributed by atoms with E-state index in [4.69, 9.17) is 10.5 Å². The number of hydrogen-bond acceptors (Lipinski definition) is 3. The minimum Gasteiger partial charge on any atom is -0.376 e. The van der Waals surface area contributed by atoms with E-state index in [9.17, 15) is 4.79 Å². The maximum absolute atomic E-state index is 11.8. The van der Waals surface area contributed by atoms with Crippen LogP contribution < -0.4 is 11.1 Å². The molecule has 2 rings (SSSR count). The molecular weight excluding hydrogens is 288 g/mol. The molecule has 0 heterocycles. The number of carbonyl (C=O) groups is 1. The molecule has 2 unspecified atom stereocenters. The summed E-state index contributed by atoms with van der Waals surface area (Å²) in [6.07, 6.45) is 9.38. The molecule has 5 heteroatoms. The molecule has 0 aliphatic heterocycles. The van der Waals surface area contributed by atoms with Gasteiger partial charge in [0.2, 0.25) is 5.91 Å². The maximum Gasteiger partial charge on any atom is 0.220 e. The molecule has 4 nitrogen and oxygen atoms in total. The first-order valence-corrected chi connectivity index (χ1v) is 8.30. The predicted molar refractivity (Wildman–Crippen MR) is 87.6 cm³/mol. The Morgan fingerprint density at radius 3 is 2.62 bits per heavy atom. The Hall–Kier alpha value is -0.320. The number of hydrogen-bond donors (Lipinski definition) is 2. The lowest BCUT2D eigenvalue weighted by molar-refractivity contribution is -0.122. The summed E-state index contributed by atoms with van der Waals surface area (Å²) < 4.78 is 5.90. The number of amides is 1. The van der Waals surface area contributed by atoms with Crippen molar-refractivity contribution in [2.24, 2.45) is 17.6 Å². The fourth-order valence-electron chi connectivity index (χ4n) is 3.56. The van der Waals surface area contributed by atoms with Gasteiger partial charge in [0.1, 0.15) is 0 Å². The van der Waals surface area contributed by atoms with Crippen LogP contribution in [0.3, 0.4) is 0 Å². The first-order chi connectivity index (χ1) is 9.66. The van der Waals surface area contributed by atoms with E-state index in [-0.39, 0.29) is 24.4 Å². The van der Waals surface area contributed by atoms with Crippen LogP contribution >= 0.6 is 12.4 Å². The van der Waals surface area contributed by atoms with Crippen molar-refractivity contribution in [3.63, 3.8) is 0 Å². The first kappa shape index (κ1) is 18.7. The summed E-state index contributed by atoms with van der Waals surface area (Å²) >= 11 is 0. The monoisotopic (exact) mass is 318 g/mol. The Morgan fingerprint density at radius 2 is 1.95 bits per heavy atom. The molecule has 0 bridgehead atoms. The minimum absolute atomic E-state index is 0. The number of rotatable bonds is 6. The molecule has 3 N–H and O–H groups in total. The number of ether oxygens (including phenoxy) is 1. The predicted octanol–water partition coefficient (Wildman–Crippen LogP) is 2.64. The maximum atomic E-state index is 11.8. The fraction of sp³-hybridized carbons (Fsp3) is 0.938. The first-order valence-electron chi connectivity index (χ1n) is 8.30. The molecule has 4 atom stereocenters. The molecule has 0 aromatic rings. The summed E-state index contributed by atoms with van der Waals surface area (Å²) in [5.74, 6) is 1.18. The molecule has 124 valence electrons. The van der Waals surface area contributed by atoms with Crippen LogP contribution in [0.5, 0.6) is 0 Å². The van der Waals surface area contributed by atoms with E-state index >= 15 is 0 Å². The van der Waals surface area contributed by atoms with E-state index < -0.39 is 0 Å². The highest BCUT2D eigenvalue weighted by molar-refractivity contribution is 5.85. The highest BCUT2D eigenvalue weighted by Crippen LogP contribution is 2.27. The average Bonchev–Trinajstić information content (AvgIpc) is 2.82. The smallest absolute Gasteiger partial charge is 0.220 e. The highest BCUT2D eigenvalue weighted by atomic mass is 35.5. The average molecular weight is 319 g/mol. The Balaban J connectivity index is 0.00000220. The number of nitrogens with one attached hydrogen (secondary N) is 1. The summed E-state index contributed by atoms with van der Waals surface area (Å²) in [5, 5.41) is 2.97. The van der Waals surface area contributed by atoms with Gasteiger partial charge in [-0.2, -0.15) is 0 Å². The quantitative estimate of drug-likeness (QED) is 0.740. The van der Waals surface area contributed by atoms with E-state index in [1.165, 1.54) is 32.1 Å². The van der Waals surface area contributed by atoms with Crippen molar-refractivity contribution in [3.8, 4) is 0 Å². The Bertz CT molecular complexity index is 315. The van der Waals surface area contributed by atoms with Crippen LogP contribution in [0.15, 0.2) is 0 Å². The molecule has 0 spiro atoms. The van der Waals surface area contributed by atoms with Crippen molar-refractivity contribution < 1.29 is 9.53 Å². The second-order valence-electron chi connectivity index (χ2n) is 6.58. The van der Waals surface area contributed by atoms with Crippen molar-refractivity contribution >= 4 is 18.3 Å². The topological polar surface area (TPSA) is 64.3 Å². The van der Waals surface area contributed by atoms with E-state index in [1.54, 1.807) is 0 Å². The van der Waals surface area contributed by atoms with Crippen LogP contribution in [0.2, 0.25) is 0 Å². The Morgan fingerprint density at radius 1 is 1.19 bits per heavy atom.